The minimum Gasteiger partial charge on any atom is -0.500 e. The molecule has 0 atom stereocenters. The highest BCUT2D eigenvalue weighted by molar-refractivity contribution is 9.10. The van der Waals surface area contributed by atoms with E-state index in [1.54, 1.807) is 12.1 Å². The molecule has 0 spiro atoms. The predicted octanol–water partition coefficient (Wildman–Crippen LogP) is 2.74. The molecular formula is C18H12BrN3O7. The number of nitro benzene ring substituents is 1. The molecule has 1 aliphatic heterocycles. The number of hydrogen-bond acceptors (Lipinski definition) is 7. The summed E-state index contributed by atoms with van der Waals surface area (Å²) in [7, 11) is 1.20. The summed E-state index contributed by atoms with van der Waals surface area (Å²) in [5.41, 5.74) is -0.825. The number of nitrogens with zero attached hydrogens (tertiary/aromatic N) is 2. The van der Waals surface area contributed by atoms with Crippen molar-refractivity contribution in [2.45, 2.75) is 0 Å². The van der Waals surface area contributed by atoms with Gasteiger partial charge in [0.25, 0.3) is 11.8 Å². The molecule has 148 valence electrons. The molecule has 2 aromatic rings. The van der Waals surface area contributed by atoms with Crippen LogP contribution in [0.4, 0.5) is 16.2 Å². The van der Waals surface area contributed by atoms with E-state index in [1.165, 1.54) is 25.3 Å². The summed E-state index contributed by atoms with van der Waals surface area (Å²) in [5, 5.41) is 23.0. The number of carbonyl (C=O) groups is 3. The van der Waals surface area contributed by atoms with Gasteiger partial charge in [-0.1, -0.05) is 22.0 Å². The molecule has 29 heavy (non-hydrogen) atoms. The number of phenols is 1. The molecule has 2 N–H and O–H groups in total. The van der Waals surface area contributed by atoms with Crippen molar-refractivity contribution in [3.8, 4) is 11.5 Å². The fraction of sp³-hybridized carbons (Fsp3) is 0.0556. The van der Waals surface area contributed by atoms with Crippen LogP contribution in [0.1, 0.15) is 5.56 Å². The van der Waals surface area contributed by atoms with Crippen LogP contribution in [0, 0.1) is 10.1 Å². The number of rotatable bonds is 4. The number of nitrogens with one attached hydrogen (secondary N) is 1. The lowest BCUT2D eigenvalue weighted by atomic mass is 10.1. The zero-order valence-electron chi connectivity index (χ0n) is 14.7. The number of barbiturate groups is 1. The maximum Gasteiger partial charge on any atom is 0.335 e. The van der Waals surface area contributed by atoms with Crippen LogP contribution in [0.5, 0.6) is 11.5 Å². The van der Waals surface area contributed by atoms with Gasteiger partial charge >= 0.3 is 11.7 Å². The normalized spacial score (nSPS) is 15.4. The summed E-state index contributed by atoms with van der Waals surface area (Å²) in [6.45, 7) is 0. The monoisotopic (exact) mass is 461 g/mol. The highest BCUT2D eigenvalue weighted by Crippen LogP contribution is 2.37. The Bertz CT molecular complexity index is 1100. The smallest absolute Gasteiger partial charge is 0.335 e. The number of phenolic OH excluding ortho intramolecular Hbond substituents is 1. The largest absolute Gasteiger partial charge is 0.500 e. The second kappa shape index (κ2) is 7.72. The summed E-state index contributed by atoms with van der Waals surface area (Å²) in [5.74, 6) is -2.77. The van der Waals surface area contributed by atoms with E-state index in [2.05, 4.69) is 21.2 Å². The van der Waals surface area contributed by atoms with Crippen LogP contribution < -0.4 is 15.0 Å². The summed E-state index contributed by atoms with van der Waals surface area (Å²) in [6, 6.07) is 7.59. The van der Waals surface area contributed by atoms with E-state index in [1.807, 2.05) is 0 Å². The Morgan fingerprint density at radius 3 is 2.59 bits per heavy atom. The molecule has 0 aromatic heterocycles. The van der Waals surface area contributed by atoms with Crippen molar-refractivity contribution in [3.05, 3.63) is 62.1 Å². The topological polar surface area (TPSA) is 139 Å². The van der Waals surface area contributed by atoms with Crippen LogP contribution in [0.3, 0.4) is 0 Å². The summed E-state index contributed by atoms with van der Waals surface area (Å²) < 4.78 is 5.51. The van der Waals surface area contributed by atoms with Gasteiger partial charge in [0.15, 0.2) is 5.75 Å². The van der Waals surface area contributed by atoms with Gasteiger partial charge in [-0.25, -0.2) is 9.69 Å². The fourth-order valence-electron chi connectivity index (χ4n) is 2.67. The molecule has 0 saturated carbocycles. The van der Waals surface area contributed by atoms with E-state index in [0.717, 1.165) is 17.0 Å². The van der Waals surface area contributed by atoms with Gasteiger partial charge in [0.05, 0.1) is 17.7 Å². The highest BCUT2D eigenvalue weighted by Gasteiger charge is 2.37. The van der Waals surface area contributed by atoms with Crippen molar-refractivity contribution in [1.82, 2.24) is 5.32 Å². The number of imide groups is 2. The number of ether oxygens (including phenoxy) is 1. The second-order valence-electron chi connectivity index (χ2n) is 5.79. The van der Waals surface area contributed by atoms with E-state index < -0.39 is 39.8 Å². The number of carbonyl (C=O) groups excluding carboxylic acids is 3. The number of benzene rings is 2. The highest BCUT2D eigenvalue weighted by atomic mass is 79.9. The van der Waals surface area contributed by atoms with E-state index in [9.17, 15) is 29.6 Å². The third kappa shape index (κ3) is 3.80. The summed E-state index contributed by atoms with van der Waals surface area (Å²) >= 11 is 3.24. The zero-order valence-corrected chi connectivity index (χ0v) is 16.3. The van der Waals surface area contributed by atoms with Gasteiger partial charge in [-0.2, -0.15) is 0 Å². The van der Waals surface area contributed by atoms with Gasteiger partial charge in [-0.3, -0.25) is 25.0 Å². The maximum absolute atomic E-state index is 12.8. The van der Waals surface area contributed by atoms with E-state index >= 15 is 0 Å². The SMILES string of the molecule is COc1cc(/C=C2\C(=O)NC(=O)N(c3cccc(Br)c3)C2=O)cc([N+](=O)[O-])c1O. The third-order valence-corrected chi connectivity index (χ3v) is 4.47. The van der Waals surface area contributed by atoms with Gasteiger partial charge in [0, 0.05) is 10.5 Å². The van der Waals surface area contributed by atoms with Crippen LogP contribution in [-0.4, -0.2) is 35.0 Å². The molecule has 1 aliphatic rings. The first kappa shape index (κ1) is 20.0. The van der Waals surface area contributed by atoms with Crippen molar-refractivity contribution in [1.29, 1.82) is 0 Å². The lowest BCUT2D eigenvalue weighted by Gasteiger charge is -2.26. The Hall–Kier alpha value is -3.73. The third-order valence-electron chi connectivity index (χ3n) is 3.97. The van der Waals surface area contributed by atoms with Crippen molar-refractivity contribution >= 4 is 51.2 Å². The number of amides is 4. The molecule has 4 amide bonds. The lowest BCUT2D eigenvalue weighted by molar-refractivity contribution is -0.386. The summed E-state index contributed by atoms with van der Waals surface area (Å²) in [4.78, 5) is 48.4. The van der Waals surface area contributed by atoms with Gasteiger partial charge in [-0.05, 0) is 35.9 Å². The van der Waals surface area contributed by atoms with Crippen LogP contribution in [-0.2, 0) is 9.59 Å². The predicted molar refractivity (Wildman–Crippen MR) is 104 cm³/mol. The Morgan fingerprint density at radius 2 is 1.97 bits per heavy atom. The maximum atomic E-state index is 12.8. The standard InChI is InChI=1S/C18H12BrN3O7/c1-29-14-7-9(6-13(15(14)23)22(27)28)5-12-16(24)20-18(26)21(17(12)25)11-4-2-3-10(19)8-11/h2-8,23H,1H3,(H,20,24,26)/b12-5+. The van der Waals surface area contributed by atoms with Gasteiger partial charge in [-0.15, -0.1) is 0 Å². The first-order chi connectivity index (χ1) is 13.7. The van der Waals surface area contributed by atoms with Crippen molar-refractivity contribution in [2.75, 3.05) is 12.0 Å². The van der Waals surface area contributed by atoms with Crippen LogP contribution in [0.2, 0.25) is 0 Å². The van der Waals surface area contributed by atoms with Gasteiger partial charge in [0.1, 0.15) is 5.57 Å². The fourth-order valence-corrected chi connectivity index (χ4v) is 3.05. The van der Waals surface area contributed by atoms with Crippen molar-refractivity contribution in [3.63, 3.8) is 0 Å². The van der Waals surface area contributed by atoms with Crippen LogP contribution >= 0.6 is 15.9 Å². The molecule has 1 fully saturated rings. The van der Waals surface area contributed by atoms with E-state index in [0.29, 0.717) is 4.47 Å². The molecule has 1 heterocycles. The van der Waals surface area contributed by atoms with E-state index in [4.69, 9.17) is 4.74 Å². The number of hydrogen-bond donors (Lipinski definition) is 2. The molecular weight excluding hydrogens is 450 g/mol. The Morgan fingerprint density at radius 1 is 1.24 bits per heavy atom. The van der Waals surface area contributed by atoms with Crippen molar-refractivity contribution < 1.29 is 29.2 Å². The molecule has 10 nitrogen and oxygen atoms in total. The number of aromatic hydroxyl groups is 1. The van der Waals surface area contributed by atoms with Gasteiger partial charge < -0.3 is 9.84 Å². The molecule has 11 heteroatoms. The minimum atomic E-state index is -0.957. The molecule has 2 aromatic carbocycles. The Balaban J connectivity index is 2.10. The van der Waals surface area contributed by atoms with E-state index in [-0.39, 0.29) is 17.0 Å². The lowest BCUT2D eigenvalue weighted by Crippen LogP contribution is -2.54. The number of anilines is 1. The second-order valence-corrected chi connectivity index (χ2v) is 6.70. The van der Waals surface area contributed by atoms with Crippen molar-refractivity contribution in [2.24, 2.45) is 0 Å². The zero-order chi connectivity index (χ0) is 21.3. The first-order valence-electron chi connectivity index (χ1n) is 7.95. The first-order valence-corrected chi connectivity index (χ1v) is 8.74. The number of nitro groups is 1. The number of methoxy groups -OCH3 is 1. The number of urea groups is 1. The molecule has 0 aliphatic carbocycles. The molecule has 3 rings (SSSR count). The quantitative estimate of drug-likeness (QED) is 0.308. The summed E-state index contributed by atoms with van der Waals surface area (Å²) in [6.07, 6.45) is 1.07. The Labute approximate surface area is 171 Å². The molecule has 0 radical (unpaired) electrons. The minimum absolute atomic E-state index is 0.0494. The average Bonchev–Trinajstić information content (AvgIpc) is 2.65. The molecule has 0 bridgehead atoms. The molecule has 0 unspecified atom stereocenters. The van der Waals surface area contributed by atoms with Crippen LogP contribution in [0.25, 0.3) is 6.08 Å². The molecule has 1 saturated heterocycles. The number of halogens is 1. The average molecular weight is 462 g/mol. The van der Waals surface area contributed by atoms with Crippen LogP contribution in [0.15, 0.2) is 46.4 Å². The Kier molecular flexibility index (Phi) is 5.33. The van der Waals surface area contributed by atoms with Gasteiger partial charge in [0.2, 0.25) is 5.75 Å².